The Balaban J connectivity index is 3.51. The number of hydrogen-bond donors (Lipinski definition) is 2. The zero-order valence-corrected chi connectivity index (χ0v) is 13.9. The van der Waals surface area contributed by atoms with Crippen molar-refractivity contribution in [2.75, 3.05) is 6.54 Å². The van der Waals surface area contributed by atoms with Gasteiger partial charge in [-0.2, -0.15) is 13.2 Å². The van der Waals surface area contributed by atoms with Crippen LogP contribution in [-0.4, -0.2) is 25.4 Å². The zero-order valence-electron chi connectivity index (χ0n) is 13.1. The van der Waals surface area contributed by atoms with E-state index in [1.165, 1.54) is 0 Å². The van der Waals surface area contributed by atoms with Crippen molar-refractivity contribution < 1.29 is 26.5 Å². The summed E-state index contributed by atoms with van der Waals surface area (Å²) in [6.07, 6.45) is -4.53. The Bertz CT molecular complexity index is 707. The monoisotopic (exact) mass is 369 g/mol. The molecule has 1 rings (SSSR count). The standard InChI is InChI=1S/C13H18F3N3O4S/c1-3-12(4-2,8-17)18-24(22,23)11-6-5-9(19(20)21)7-10(11)13(14,15)16/h5-7,18H,3-4,8,17H2,1-2H3. The van der Waals surface area contributed by atoms with E-state index < -0.39 is 42.8 Å². The normalized spacial score (nSPS) is 13.1. The van der Waals surface area contributed by atoms with Crippen LogP contribution < -0.4 is 10.5 Å². The van der Waals surface area contributed by atoms with Crippen molar-refractivity contribution in [3.8, 4) is 0 Å². The third-order valence-corrected chi connectivity index (χ3v) is 5.50. The number of sulfonamides is 1. The first-order chi connectivity index (χ1) is 10.9. The van der Waals surface area contributed by atoms with Gasteiger partial charge in [0.1, 0.15) is 0 Å². The third kappa shape index (κ3) is 4.22. The lowest BCUT2D eigenvalue weighted by atomic mass is 9.95. The van der Waals surface area contributed by atoms with E-state index in [-0.39, 0.29) is 25.5 Å². The Morgan fingerprint density at radius 2 is 1.79 bits per heavy atom. The van der Waals surface area contributed by atoms with Gasteiger partial charge in [-0.05, 0) is 18.9 Å². The number of rotatable bonds is 7. The van der Waals surface area contributed by atoms with Crippen LogP contribution in [0.25, 0.3) is 0 Å². The number of alkyl halides is 3. The Kier molecular flexibility index (Phi) is 5.95. The van der Waals surface area contributed by atoms with Gasteiger partial charge in [-0.1, -0.05) is 13.8 Å². The van der Waals surface area contributed by atoms with Crippen molar-refractivity contribution >= 4 is 15.7 Å². The molecule has 24 heavy (non-hydrogen) atoms. The predicted octanol–water partition coefficient (Wildman–Crippen LogP) is 2.41. The van der Waals surface area contributed by atoms with Crippen molar-refractivity contribution in [1.82, 2.24) is 4.72 Å². The van der Waals surface area contributed by atoms with Gasteiger partial charge in [-0.3, -0.25) is 10.1 Å². The summed E-state index contributed by atoms with van der Waals surface area (Å²) in [5.41, 5.74) is 2.02. The number of nitro benzene ring substituents is 1. The van der Waals surface area contributed by atoms with Crippen molar-refractivity contribution in [3.63, 3.8) is 0 Å². The van der Waals surface area contributed by atoms with Gasteiger partial charge >= 0.3 is 6.18 Å². The van der Waals surface area contributed by atoms with Crippen LogP contribution in [0.1, 0.15) is 32.3 Å². The predicted molar refractivity (Wildman–Crippen MR) is 80.8 cm³/mol. The molecular weight excluding hydrogens is 351 g/mol. The Morgan fingerprint density at radius 1 is 1.25 bits per heavy atom. The maximum atomic E-state index is 13.2. The molecule has 0 spiro atoms. The van der Waals surface area contributed by atoms with Gasteiger partial charge in [0.25, 0.3) is 5.69 Å². The molecule has 0 radical (unpaired) electrons. The van der Waals surface area contributed by atoms with E-state index >= 15 is 0 Å². The summed E-state index contributed by atoms with van der Waals surface area (Å²) >= 11 is 0. The third-order valence-electron chi connectivity index (χ3n) is 3.86. The number of non-ortho nitro benzene ring substituents is 1. The molecule has 0 aliphatic carbocycles. The molecule has 7 nitrogen and oxygen atoms in total. The second-order valence-corrected chi connectivity index (χ2v) is 6.88. The topological polar surface area (TPSA) is 115 Å². The van der Waals surface area contributed by atoms with Gasteiger partial charge in [-0.15, -0.1) is 0 Å². The van der Waals surface area contributed by atoms with E-state index in [9.17, 15) is 31.7 Å². The van der Waals surface area contributed by atoms with Crippen LogP contribution in [0.3, 0.4) is 0 Å². The van der Waals surface area contributed by atoms with Gasteiger partial charge in [0.15, 0.2) is 0 Å². The van der Waals surface area contributed by atoms with Gasteiger partial charge < -0.3 is 5.73 Å². The molecule has 0 aromatic heterocycles. The minimum atomic E-state index is -5.07. The molecule has 1 aromatic rings. The van der Waals surface area contributed by atoms with Gasteiger partial charge in [0, 0.05) is 24.2 Å². The molecular formula is C13H18F3N3O4S. The van der Waals surface area contributed by atoms with E-state index in [2.05, 4.69) is 4.72 Å². The molecule has 0 saturated heterocycles. The first-order valence-electron chi connectivity index (χ1n) is 7.02. The number of halogens is 3. The Labute approximate surface area is 137 Å². The fraction of sp³-hybridized carbons (Fsp3) is 0.538. The largest absolute Gasteiger partial charge is 0.417 e. The smallest absolute Gasteiger partial charge is 0.329 e. The summed E-state index contributed by atoms with van der Waals surface area (Å²) in [6.45, 7) is 3.20. The lowest BCUT2D eigenvalue weighted by Gasteiger charge is -2.31. The molecule has 0 fully saturated rings. The first kappa shape index (κ1) is 20.3. The van der Waals surface area contributed by atoms with E-state index in [4.69, 9.17) is 5.73 Å². The number of hydrogen-bond acceptors (Lipinski definition) is 5. The second kappa shape index (κ2) is 7.03. The van der Waals surface area contributed by atoms with Crippen LogP contribution in [0.4, 0.5) is 18.9 Å². The van der Waals surface area contributed by atoms with Crippen molar-refractivity contribution in [1.29, 1.82) is 0 Å². The zero-order chi connectivity index (χ0) is 18.8. The van der Waals surface area contributed by atoms with Crippen LogP contribution in [0.2, 0.25) is 0 Å². The molecule has 0 unspecified atom stereocenters. The molecule has 0 bridgehead atoms. The lowest BCUT2D eigenvalue weighted by molar-refractivity contribution is -0.385. The van der Waals surface area contributed by atoms with Crippen molar-refractivity contribution in [2.45, 2.75) is 43.3 Å². The van der Waals surface area contributed by atoms with Crippen molar-refractivity contribution in [2.24, 2.45) is 5.73 Å². The van der Waals surface area contributed by atoms with Crippen LogP contribution >= 0.6 is 0 Å². The highest BCUT2D eigenvalue weighted by Gasteiger charge is 2.40. The molecule has 136 valence electrons. The van der Waals surface area contributed by atoms with Gasteiger partial charge in [0.2, 0.25) is 10.0 Å². The molecule has 0 atom stereocenters. The van der Waals surface area contributed by atoms with Crippen LogP contribution in [0.15, 0.2) is 23.1 Å². The maximum absolute atomic E-state index is 13.2. The highest BCUT2D eigenvalue weighted by molar-refractivity contribution is 7.89. The second-order valence-electron chi connectivity index (χ2n) is 5.23. The molecule has 0 heterocycles. The van der Waals surface area contributed by atoms with Gasteiger partial charge in [0.05, 0.1) is 15.4 Å². The highest BCUT2D eigenvalue weighted by Crippen LogP contribution is 2.36. The molecule has 0 aliphatic rings. The SMILES string of the molecule is CCC(CC)(CN)NS(=O)(=O)c1ccc([N+](=O)[O-])cc1C(F)(F)F. The number of nitrogens with zero attached hydrogens (tertiary/aromatic N) is 1. The van der Waals surface area contributed by atoms with E-state index in [0.29, 0.717) is 12.1 Å². The Morgan fingerprint density at radius 3 is 2.17 bits per heavy atom. The van der Waals surface area contributed by atoms with E-state index in [1.54, 1.807) is 13.8 Å². The molecule has 11 heteroatoms. The average molecular weight is 369 g/mol. The van der Waals surface area contributed by atoms with Crippen LogP contribution in [-0.2, 0) is 16.2 Å². The van der Waals surface area contributed by atoms with Crippen molar-refractivity contribution in [3.05, 3.63) is 33.9 Å². The maximum Gasteiger partial charge on any atom is 0.417 e. The molecule has 3 N–H and O–H groups in total. The number of nitrogens with one attached hydrogen (secondary N) is 1. The fourth-order valence-corrected chi connectivity index (χ4v) is 3.92. The molecule has 1 aromatic carbocycles. The molecule has 0 aliphatic heterocycles. The lowest BCUT2D eigenvalue weighted by Crippen LogP contribution is -2.52. The van der Waals surface area contributed by atoms with Crippen LogP contribution in [0.5, 0.6) is 0 Å². The van der Waals surface area contributed by atoms with E-state index in [1.807, 2.05) is 0 Å². The molecule has 0 saturated carbocycles. The summed E-state index contributed by atoms with van der Waals surface area (Å²) in [7, 11) is -4.58. The minimum absolute atomic E-state index is 0.104. The highest BCUT2D eigenvalue weighted by atomic mass is 32.2. The van der Waals surface area contributed by atoms with Crippen LogP contribution in [0, 0.1) is 10.1 Å². The number of nitro groups is 1. The van der Waals surface area contributed by atoms with E-state index in [0.717, 1.165) is 0 Å². The quantitative estimate of drug-likeness (QED) is 0.566. The fourth-order valence-electron chi connectivity index (χ4n) is 2.15. The Hall–Kier alpha value is -1.72. The molecule has 0 amide bonds. The minimum Gasteiger partial charge on any atom is -0.329 e. The summed E-state index contributed by atoms with van der Waals surface area (Å²) in [5, 5.41) is 10.7. The first-order valence-corrected chi connectivity index (χ1v) is 8.50. The summed E-state index contributed by atoms with van der Waals surface area (Å²) in [5.74, 6) is 0. The summed E-state index contributed by atoms with van der Waals surface area (Å²) in [6, 6.07) is 1.50. The van der Waals surface area contributed by atoms with Gasteiger partial charge in [-0.25, -0.2) is 13.1 Å². The summed E-state index contributed by atoms with van der Waals surface area (Å²) < 4.78 is 66.6. The average Bonchev–Trinajstić information content (AvgIpc) is 2.51. The number of nitrogens with two attached hydrogens (primary N) is 1. The summed E-state index contributed by atoms with van der Waals surface area (Å²) in [4.78, 5) is 8.57. The number of benzene rings is 1.